The number of pyridine rings is 2. The van der Waals surface area contributed by atoms with Gasteiger partial charge in [-0.3, -0.25) is 4.90 Å². The Morgan fingerprint density at radius 2 is 1.96 bits per heavy atom. The summed E-state index contributed by atoms with van der Waals surface area (Å²) in [6, 6.07) is 7.73. The lowest BCUT2D eigenvalue weighted by molar-refractivity contribution is -0.145. The number of hydrogen-bond donors (Lipinski definition) is 0. The minimum atomic E-state index is -4.51. The average molecular weight is 345 g/mol. The zero-order valence-electron chi connectivity index (χ0n) is 13.2. The van der Waals surface area contributed by atoms with Gasteiger partial charge in [-0.15, -0.1) is 0 Å². The molecule has 8 heteroatoms. The highest BCUT2D eigenvalue weighted by molar-refractivity contribution is 5.74. The van der Waals surface area contributed by atoms with Crippen LogP contribution in [0.1, 0.15) is 22.8 Å². The highest BCUT2D eigenvalue weighted by atomic mass is 19.4. The summed E-state index contributed by atoms with van der Waals surface area (Å²) in [7, 11) is 0. The highest BCUT2D eigenvalue weighted by Gasteiger charge is 2.35. The first-order chi connectivity index (χ1) is 12.0. The van der Waals surface area contributed by atoms with Gasteiger partial charge in [-0.1, -0.05) is 0 Å². The molecule has 0 unspecified atom stereocenters. The summed E-state index contributed by atoms with van der Waals surface area (Å²) in [5.74, 6) is -1.07. The fourth-order valence-corrected chi connectivity index (χ4v) is 2.96. The van der Waals surface area contributed by atoms with Gasteiger partial charge in [0.1, 0.15) is 0 Å². The topological polar surface area (TPSA) is 54.8 Å². The molecule has 0 saturated heterocycles. The molecule has 0 spiro atoms. The van der Waals surface area contributed by atoms with Gasteiger partial charge in [0.05, 0.1) is 11.4 Å². The van der Waals surface area contributed by atoms with Crippen LogP contribution < -0.4 is 0 Å². The van der Waals surface area contributed by atoms with E-state index >= 15 is 0 Å². The zero-order chi connectivity index (χ0) is 17.4. The van der Waals surface area contributed by atoms with E-state index in [0.717, 1.165) is 16.6 Å². The second-order valence-electron chi connectivity index (χ2n) is 5.98. The molecule has 0 bridgehead atoms. The number of rotatable bonds is 2. The summed E-state index contributed by atoms with van der Waals surface area (Å²) < 4.78 is 38.1. The number of fused-ring (bicyclic) bond motifs is 2. The van der Waals surface area contributed by atoms with Crippen LogP contribution in [0.5, 0.6) is 0 Å². The summed E-state index contributed by atoms with van der Waals surface area (Å²) >= 11 is 0. The molecule has 0 aromatic carbocycles. The molecule has 0 fully saturated rings. The van der Waals surface area contributed by atoms with Gasteiger partial charge in [0.15, 0.2) is 5.65 Å². The fourth-order valence-electron chi connectivity index (χ4n) is 2.96. The molecule has 4 rings (SSSR count). The van der Waals surface area contributed by atoms with E-state index in [1.165, 1.54) is 6.20 Å². The van der Waals surface area contributed by atoms with Crippen molar-refractivity contribution in [1.82, 2.24) is 24.8 Å². The Labute approximate surface area is 141 Å². The van der Waals surface area contributed by atoms with Crippen molar-refractivity contribution in [3.63, 3.8) is 0 Å². The maximum absolute atomic E-state index is 12.7. The van der Waals surface area contributed by atoms with Crippen molar-refractivity contribution in [2.24, 2.45) is 0 Å². The van der Waals surface area contributed by atoms with E-state index in [1.54, 1.807) is 6.20 Å². The van der Waals surface area contributed by atoms with Gasteiger partial charge < -0.3 is 0 Å². The molecule has 3 aromatic rings. The Morgan fingerprint density at radius 3 is 2.80 bits per heavy atom. The summed E-state index contributed by atoms with van der Waals surface area (Å²) in [6.07, 6.45) is -1.06. The predicted octanol–water partition coefficient (Wildman–Crippen LogP) is 3.00. The Balaban J connectivity index is 1.52. The number of hydrogen-bond acceptors (Lipinski definition) is 5. The van der Waals surface area contributed by atoms with E-state index in [0.29, 0.717) is 37.4 Å². The molecule has 0 radical (unpaired) electrons. The maximum atomic E-state index is 12.7. The largest absolute Gasteiger partial charge is 0.451 e. The molecule has 4 heterocycles. The minimum absolute atomic E-state index is 0.465. The summed E-state index contributed by atoms with van der Waals surface area (Å²) in [6.45, 7) is 1.74. The summed E-state index contributed by atoms with van der Waals surface area (Å²) in [5.41, 5.74) is 2.78. The van der Waals surface area contributed by atoms with Gasteiger partial charge in [0, 0.05) is 49.4 Å². The quantitative estimate of drug-likeness (QED) is 0.715. The molecule has 0 atom stereocenters. The minimum Gasteiger partial charge on any atom is -0.293 e. The molecule has 3 aromatic heterocycles. The lowest BCUT2D eigenvalue weighted by Crippen LogP contribution is -2.32. The van der Waals surface area contributed by atoms with Crippen LogP contribution in [0.15, 0.2) is 36.7 Å². The second kappa shape index (κ2) is 6.03. The maximum Gasteiger partial charge on any atom is 0.451 e. The van der Waals surface area contributed by atoms with Crippen LogP contribution in [0.3, 0.4) is 0 Å². The molecule has 5 nitrogen and oxygen atoms in total. The Hall–Kier alpha value is -2.61. The van der Waals surface area contributed by atoms with E-state index in [2.05, 4.69) is 24.8 Å². The van der Waals surface area contributed by atoms with Gasteiger partial charge >= 0.3 is 6.18 Å². The summed E-state index contributed by atoms with van der Waals surface area (Å²) in [5, 5.41) is 0.975. The smallest absolute Gasteiger partial charge is 0.293 e. The molecule has 0 saturated carbocycles. The normalized spacial score (nSPS) is 15.3. The molecular formula is C17H14F3N5. The van der Waals surface area contributed by atoms with Gasteiger partial charge in [-0.25, -0.2) is 19.9 Å². The lowest BCUT2D eigenvalue weighted by atomic mass is 10.1. The van der Waals surface area contributed by atoms with Crippen LogP contribution in [0.4, 0.5) is 13.2 Å². The van der Waals surface area contributed by atoms with E-state index in [1.807, 2.05) is 24.3 Å². The van der Waals surface area contributed by atoms with Crippen molar-refractivity contribution in [1.29, 1.82) is 0 Å². The van der Waals surface area contributed by atoms with E-state index in [9.17, 15) is 13.2 Å². The first-order valence-corrected chi connectivity index (χ1v) is 7.84. The number of halogens is 3. The third-order valence-electron chi connectivity index (χ3n) is 4.17. The lowest BCUT2D eigenvalue weighted by Gasteiger charge is -2.27. The summed E-state index contributed by atoms with van der Waals surface area (Å²) in [4.78, 5) is 18.0. The highest BCUT2D eigenvalue weighted by Crippen LogP contribution is 2.28. The third-order valence-corrected chi connectivity index (χ3v) is 4.17. The first kappa shape index (κ1) is 15.9. The van der Waals surface area contributed by atoms with Crippen LogP contribution in [-0.2, 0) is 25.7 Å². The van der Waals surface area contributed by atoms with E-state index < -0.39 is 12.0 Å². The third kappa shape index (κ3) is 3.30. The van der Waals surface area contributed by atoms with Crippen LogP contribution in [0.25, 0.3) is 11.0 Å². The van der Waals surface area contributed by atoms with Crippen LogP contribution in [0.2, 0.25) is 0 Å². The van der Waals surface area contributed by atoms with E-state index in [-0.39, 0.29) is 0 Å². The number of aromatic nitrogens is 4. The zero-order valence-corrected chi connectivity index (χ0v) is 13.2. The molecule has 1 aliphatic heterocycles. The van der Waals surface area contributed by atoms with Gasteiger partial charge in [0.2, 0.25) is 5.82 Å². The van der Waals surface area contributed by atoms with Gasteiger partial charge in [0.25, 0.3) is 0 Å². The van der Waals surface area contributed by atoms with Crippen molar-refractivity contribution in [2.45, 2.75) is 25.7 Å². The SMILES string of the molecule is FC(F)(F)c1ncc2c(n1)CCN(Cc1ccc3cccnc3n1)C2. The second-order valence-corrected chi connectivity index (χ2v) is 5.98. The van der Waals surface area contributed by atoms with Crippen molar-refractivity contribution < 1.29 is 13.2 Å². The predicted molar refractivity (Wildman–Crippen MR) is 84.4 cm³/mol. The Bertz CT molecular complexity index is 926. The van der Waals surface area contributed by atoms with Crippen molar-refractivity contribution in [3.8, 4) is 0 Å². The van der Waals surface area contributed by atoms with E-state index in [4.69, 9.17) is 0 Å². The van der Waals surface area contributed by atoms with Gasteiger partial charge in [-0.2, -0.15) is 13.2 Å². The van der Waals surface area contributed by atoms with Crippen LogP contribution >= 0.6 is 0 Å². The molecule has 0 aliphatic carbocycles. The standard InChI is InChI=1S/C17H14F3N5/c18-17(19,20)16-22-8-12-9-25(7-5-14(12)24-16)10-13-4-3-11-2-1-6-21-15(11)23-13/h1-4,6,8H,5,7,9-10H2. The Kier molecular flexibility index (Phi) is 3.84. The molecule has 0 amide bonds. The monoisotopic (exact) mass is 345 g/mol. The molecule has 0 N–H and O–H groups in total. The van der Waals surface area contributed by atoms with Crippen LogP contribution in [0, 0.1) is 0 Å². The van der Waals surface area contributed by atoms with Crippen molar-refractivity contribution in [2.75, 3.05) is 6.54 Å². The van der Waals surface area contributed by atoms with Crippen LogP contribution in [-0.4, -0.2) is 31.4 Å². The number of nitrogens with zero attached hydrogens (tertiary/aromatic N) is 5. The average Bonchev–Trinajstić information content (AvgIpc) is 2.60. The van der Waals surface area contributed by atoms with Gasteiger partial charge in [-0.05, 0) is 24.3 Å². The molecule has 1 aliphatic rings. The van der Waals surface area contributed by atoms with Crippen molar-refractivity contribution in [3.05, 3.63) is 59.4 Å². The Morgan fingerprint density at radius 1 is 1.08 bits per heavy atom. The molecular weight excluding hydrogens is 331 g/mol. The molecule has 128 valence electrons. The van der Waals surface area contributed by atoms with Crippen molar-refractivity contribution >= 4 is 11.0 Å². The molecule has 25 heavy (non-hydrogen) atoms. The first-order valence-electron chi connectivity index (χ1n) is 7.84. The fraction of sp³-hybridized carbons (Fsp3) is 0.294. The number of alkyl halides is 3.